The van der Waals surface area contributed by atoms with E-state index in [0.717, 1.165) is 45.6 Å². The summed E-state index contributed by atoms with van der Waals surface area (Å²) >= 11 is 3.64. The minimum Gasteiger partial charge on any atom is -0.490 e. The molecule has 23 heavy (non-hydrogen) atoms. The van der Waals surface area contributed by atoms with E-state index >= 15 is 0 Å². The number of rotatable bonds is 2. The number of ether oxygens (including phenoxy) is 1. The number of aromatic nitrogens is 1. The first-order valence-electron chi connectivity index (χ1n) is 8.56. The summed E-state index contributed by atoms with van der Waals surface area (Å²) in [6.07, 6.45) is 5.21. The van der Waals surface area contributed by atoms with Gasteiger partial charge in [-0.15, -0.1) is 0 Å². The fourth-order valence-corrected chi connectivity index (χ4v) is 4.25. The van der Waals surface area contributed by atoms with Gasteiger partial charge in [0, 0.05) is 15.6 Å². The highest BCUT2D eigenvalue weighted by Crippen LogP contribution is 2.39. The van der Waals surface area contributed by atoms with Crippen LogP contribution in [0.5, 0.6) is 5.75 Å². The summed E-state index contributed by atoms with van der Waals surface area (Å²) in [7, 11) is 0. The lowest BCUT2D eigenvalue weighted by molar-refractivity contribution is 0.0883. The Kier molecular flexibility index (Phi) is 4.68. The van der Waals surface area contributed by atoms with Crippen LogP contribution < -0.4 is 4.74 Å². The number of benzene rings is 1. The highest BCUT2D eigenvalue weighted by Gasteiger charge is 2.30. The SMILES string of the molecule is Cc1cc(Br)c2cc(O[C@H]3CC[C@H](C(C)(C)C)CC3)ccc2n1. The smallest absolute Gasteiger partial charge is 0.120 e. The molecule has 0 atom stereocenters. The molecule has 2 aromatic rings. The van der Waals surface area contributed by atoms with Gasteiger partial charge in [0.1, 0.15) is 5.75 Å². The summed E-state index contributed by atoms with van der Waals surface area (Å²) in [5.74, 6) is 1.78. The van der Waals surface area contributed by atoms with Crippen LogP contribution in [0.4, 0.5) is 0 Å². The van der Waals surface area contributed by atoms with Crippen LogP contribution in [0, 0.1) is 18.3 Å². The average Bonchev–Trinajstić information content (AvgIpc) is 2.47. The molecule has 124 valence electrons. The molecule has 1 saturated carbocycles. The molecule has 0 aliphatic heterocycles. The van der Waals surface area contributed by atoms with Crippen molar-refractivity contribution in [2.45, 2.75) is 59.5 Å². The predicted molar refractivity (Wildman–Crippen MR) is 100 cm³/mol. The quantitative estimate of drug-likeness (QED) is 0.615. The van der Waals surface area contributed by atoms with E-state index in [1.165, 1.54) is 12.8 Å². The van der Waals surface area contributed by atoms with Crippen LogP contribution in [0.3, 0.4) is 0 Å². The Labute approximate surface area is 147 Å². The van der Waals surface area contributed by atoms with Crippen molar-refractivity contribution in [1.29, 1.82) is 0 Å². The van der Waals surface area contributed by atoms with E-state index < -0.39 is 0 Å². The summed E-state index contributed by atoms with van der Waals surface area (Å²) in [6, 6.07) is 8.28. The lowest BCUT2D eigenvalue weighted by Crippen LogP contribution is -2.30. The van der Waals surface area contributed by atoms with Crippen molar-refractivity contribution in [2.75, 3.05) is 0 Å². The third kappa shape index (κ3) is 3.88. The standard InChI is InChI=1S/C20H26BrNO/c1-13-11-18(21)17-12-16(9-10-19(17)22-13)23-15-7-5-14(6-8-15)20(2,3)4/h9-12,14-15H,5-8H2,1-4H3/t14-,15-. The van der Waals surface area contributed by atoms with Crippen molar-refractivity contribution in [3.8, 4) is 5.75 Å². The highest BCUT2D eigenvalue weighted by molar-refractivity contribution is 9.10. The maximum Gasteiger partial charge on any atom is 0.120 e. The summed E-state index contributed by atoms with van der Waals surface area (Å²) in [6.45, 7) is 9.08. The number of pyridine rings is 1. The van der Waals surface area contributed by atoms with Gasteiger partial charge in [-0.3, -0.25) is 4.98 Å². The first kappa shape index (κ1) is 16.8. The lowest BCUT2D eigenvalue weighted by Gasteiger charge is -2.37. The van der Waals surface area contributed by atoms with Crippen LogP contribution in [0.25, 0.3) is 10.9 Å². The van der Waals surface area contributed by atoms with Crippen LogP contribution in [0.1, 0.15) is 52.1 Å². The van der Waals surface area contributed by atoms with Gasteiger partial charge in [-0.1, -0.05) is 36.7 Å². The van der Waals surface area contributed by atoms with Gasteiger partial charge in [-0.25, -0.2) is 0 Å². The topological polar surface area (TPSA) is 22.1 Å². The van der Waals surface area contributed by atoms with E-state index in [1.54, 1.807) is 0 Å². The average molecular weight is 376 g/mol. The molecule has 0 radical (unpaired) electrons. The van der Waals surface area contributed by atoms with Crippen LogP contribution in [0.15, 0.2) is 28.7 Å². The van der Waals surface area contributed by atoms with Gasteiger partial charge in [0.15, 0.2) is 0 Å². The van der Waals surface area contributed by atoms with E-state index in [2.05, 4.69) is 66.0 Å². The molecule has 0 amide bonds. The molecule has 3 heteroatoms. The molecule has 0 saturated heterocycles. The van der Waals surface area contributed by atoms with Crippen LogP contribution in [-0.4, -0.2) is 11.1 Å². The zero-order chi connectivity index (χ0) is 16.6. The second kappa shape index (κ2) is 6.43. The summed E-state index contributed by atoms with van der Waals surface area (Å²) < 4.78 is 7.35. The van der Waals surface area contributed by atoms with Crippen molar-refractivity contribution in [1.82, 2.24) is 4.98 Å². The third-order valence-electron chi connectivity index (χ3n) is 5.06. The van der Waals surface area contributed by atoms with Crippen LogP contribution in [-0.2, 0) is 0 Å². The second-order valence-corrected chi connectivity index (χ2v) is 8.74. The molecule has 1 aromatic carbocycles. The molecule has 1 aromatic heterocycles. The number of halogens is 1. The molecule has 0 N–H and O–H groups in total. The highest BCUT2D eigenvalue weighted by atomic mass is 79.9. The van der Waals surface area contributed by atoms with E-state index in [4.69, 9.17) is 4.74 Å². The largest absolute Gasteiger partial charge is 0.490 e. The van der Waals surface area contributed by atoms with Gasteiger partial charge < -0.3 is 4.74 Å². The Morgan fingerprint density at radius 3 is 2.43 bits per heavy atom. The molecule has 1 aliphatic rings. The molecule has 1 aliphatic carbocycles. The van der Waals surface area contributed by atoms with Gasteiger partial charge in [-0.2, -0.15) is 0 Å². The van der Waals surface area contributed by atoms with E-state index in [-0.39, 0.29) is 0 Å². The molecule has 0 spiro atoms. The number of aryl methyl sites for hydroxylation is 1. The van der Waals surface area contributed by atoms with Crippen molar-refractivity contribution in [2.24, 2.45) is 11.3 Å². The molecule has 1 heterocycles. The zero-order valence-electron chi connectivity index (χ0n) is 14.5. The molecular weight excluding hydrogens is 350 g/mol. The van der Waals surface area contributed by atoms with Crippen molar-refractivity contribution in [3.05, 3.63) is 34.4 Å². The first-order chi connectivity index (χ1) is 10.8. The fraction of sp³-hybridized carbons (Fsp3) is 0.550. The lowest BCUT2D eigenvalue weighted by atomic mass is 9.72. The maximum absolute atomic E-state index is 6.26. The second-order valence-electron chi connectivity index (χ2n) is 7.88. The monoisotopic (exact) mass is 375 g/mol. The molecular formula is C20H26BrNO. The number of nitrogens with zero attached hydrogens (tertiary/aromatic N) is 1. The van der Waals surface area contributed by atoms with Crippen LogP contribution in [0.2, 0.25) is 0 Å². The minimum absolute atomic E-state index is 0.350. The van der Waals surface area contributed by atoms with Gasteiger partial charge >= 0.3 is 0 Å². The predicted octanol–water partition coefficient (Wildman–Crippen LogP) is 6.29. The van der Waals surface area contributed by atoms with Crippen molar-refractivity contribution < 1.29 is 4.74 Å². The van der Waals surface area contributed by atoms with Gasteiger partial charge in [0.25, 0.3) is 0 Å². The van der Waals surface area contributed by atoms with Crippen molar-refractivity contribution in [3.63, 3.8) is 0 Å². The van der Waals surface area contributed by atoms with Crippen molar-refractivity contribution >= 4 is 26.8 Å². The summed E-state index contributed by atoms with van der Waals surface area (Å²) in [5, 5.41) is 1.12. The third-order valence-corrected chi connectivity index (χ3v) is 5.72. The van der Waals surface area contributed by atoms with E-state index in [1.807, 2.05) is 6.92 Å². The van der Waals surface area contributed by atoms with Gasteiger partial charge in [-0.05, 0) is 68.2 Å². The Morgan fingerprint density at radius 2 is 1.78 bits per heavy atom. The Hall–Kier alpha value is -1.09. The van der Waals surface area contributed by atoms with Gasteiger partial charge in [0.2, 0.25) is 0 Å². The number of hydrogen-bond donors (Lipinski definition) is 0. The number of hydrogen-bond acceptors (Lipinski definition) is 2. The molecule has 0 bridgehead atoms. The zero-order valence-corrected chi connectivity index (χ0v) is 16.1. The molecule has 3 rings (SSSR count). The Bertz CT molecular complexity index is 697. The van der Waals surface area contributed by atoms with E-state index in [0.29, 0.717) is 11.5 Å². The maximum atomic E-state index is 6.26. The molecule has 0 unspecified atom stereocenters. The summed E-state index contributed by atoms with van der Waals surface area (Å²) in [5.41, 5.74) is 2.46. The van der Waals surface area contributed by atoms with Crippen LogP contribution >= 0.6 is 15.9 Å². The normalized spacial score (nSPS) is 22.3. The molecule has 2 nitrogen and oxygen atoms in total. The minimum atomic E-state index is 0.350. The van der Waals surface area contributed by atoms with Gasteiger partial charge in [0.05, 0.1) is 11.6 Å². The Morgan fingerprint density at radius 1 is 1.09 bits per heavy atom. The molecule has 1 fully saturated rings. The fourth-order valence-electron chi connectivity index (χ4n) is 3.60. The Balaban J connectivity index is 1.71. The summed E-state index contributed by atoms with van der Waals surface area (Å²) in [4.78, 5) is 4.58. The number of fused-ring (bicyclic) bond motifs is 1. The first-order valence-corrected chi connectivity index (χ1v) is 9.36. The van der Waals surface area contributed by atoms with E-state index in [9.17, 15) is 0 Å².